The van der Waals surface area contributed by atoms with Crippen LogP contribution in [-0.4, -0.2) is 48.0 Å². The van der Waals surface area contributed by atoms with E-state index in [1.165, 1.54) is 31.2 Å². The average molecular weight is 271 g/mol. The second kappa shape index (κ2) is 10.5. The molecule has 0 aromatic carbocycles. The summed E-state index contributed by atoms with van der Waals surface area (Å²) >= 11 is 1.77. The van der Waals surface area contributed by atoms with Gasteiger partial charge in [-0.3, -0.25) is 4.90 Å². The SMILES string of the molecule is OCCN(CCO)CCCCCCc1ccsc1. The van der Waals surface area contributed by atoms with Gasteiger partial charge < -0.3 is 10.2 Å². The first-order valence-electron chi connectivity index (χ1n) is 6.82. The fourth-order valence-electron chi connectivity index (χ4n) is 2.07. The van der Waals surface area contributed by atoms with E-state index in [0.717, 1.165) is 13.0 Å². The van der Waals surface area contributed by atoms with E-state index >= 15 is 0 Å². The van der Waals surface area contributed by atoms with E-state index < -0.39 is 0 Å². The number of hydrogen-bond acceptors (Lipinski definition) is 4. The molecule has 0 unspecified atom stereocenters. The second-order valence-electron chi connectivity index (χ2n) is 4.58. The molecule has 3 nitrogen and oxygen atoms in total. The Morgan fingerprint density at radius 1 is 0.944 bits per heavy atom. The molecule has 1 heterocycles. The van der Waals surface area contributed by atoms with Crippen molar-refractivity contribution in [3.63, 3.8) is 0 Å². The Balaban J connectivity index is 1.96. The van der Waals surface area contributed by atoms with Gasteiger partial charge in [0.05, 0.1) is 13.2 Å². The van der Waals surface area contributed by atoms with Gasteiger partial charge in [-0.2, -0.15) is 11.3 Å². The van der Waals surface area contributed by atoms with Crippen LogP contribution in [0.25, 0.3) is 0 Å². The van der Waals surface area contributed by atoms with Crippen LogP contribution in [-0.2, 0) is 6.42 Å². The number of aryl methyl sites for hydroxylation is 1. The highest BCUT2D eigenvalue weighted by Crippen LogP contribution is 2.11. The molecule has 0 atom stereocenters. The molecule has 4 heteroatoms. The van der Waals surface area contributed by atoms with Gasteiger partial charge in [-0.05, 0) is 48.2 Å². The third-order valence-electron chi connectivity index (χ3n) is 3.10. The lowest BCUT2D eigenvalue weighted by Crippen LogP contribution is -2.30. The molecule has 0 radical (unpaired) electrons. The summed E-state index contributed by atoms with van der Waals surface area (Å²) in [7, 11) is 0. The molecule has 0 aliphatic heterocycles. The Morgan fingerprint density at radius 2 is 1.67 bits per heavy atom. The van der Waals surface area contributed by atoms with E-state index in [0.29, 0.717) is 13.1 Å². The Bertz CT molecular complexity index is 271. The Hall–Kier alpha value is -0.420. The number of nitrogens with zero attached hydrogens (tertiary/aromatic N) is 1. The van der Waals surface area contributed by atoms with Crippen molar-refractivity contribution in [1.82, 2.24) is 4.90 Å². The highest BCUT2D eigenvalue weighted by Gasteiger charge is 2.02. The molecule has 0 aliphatic rings. The zero-order chi connectivity index (χ0) is 13.1. The van der Waals surface area contributed by atoms with Gasteiger partial charge in [0.2, 0.25) is 0 Å². The van der Waals surface area contributed by atoms with Gasteiger partial charge in [0.25, 0.3) is 0 Å². The largest absolute Gasteiger partial charge is 0.395 e. The molecule has 1 aromatic heterocycles. The third-order valence-corrected chi connectivity index (χ3v) is 3.83. The van der Waals surface area contributed by atoms with Crippen LogP contribution in [0.4, 0.5) is 0 Å². The fraction of sp³-hybridized carbons (Fsp3) is 0.714. The lowest BCUT2D eigenvalue weighted by atomic mass is 10.1. The fourth-order valence-corrected chi connectivity index (χ4v) is 2.77. The van der Waals surface area contributed by atoms with Gasteiger partial charge in [-0.15, -0.1) is 0 Å². The molecule has 0 saturated carbocycles. The van der Waals surface area contributed by atoms with Crippen LogP contribution in [0.2, 0.25) is 0 Å². The van der Waals surface area contributed by atoms with Crippen molar-refractivity contribution in [2.75, 3.05) is 32.8 Å². The summed E-state index contributed by atoms with van der Waals surface area (Å²) in [6, 6.07) is 2.20. The van der Waals surface area contributed by atoms with Crippen molar-refractivity contribution < 1.29 is 10.2 Å². The maximum absolute atomic E-state index is 8.89. The maximum atomic E-state index is 8.89. The van der Waals surface area contributed by atoms with Gasteiger partial charge in [0.1, 0.15) is 0 Å². The van der Waals surface area contributed by atoms with Crippen molar-refractivity contribution in [2.24, 2.45) is 0 Å². The number of rotatable bonds is 11. The predicted octanol–water partition coefficient (Wildman–Crippen LogP) is 2.14. The molecule has 104 valence electrons. The zero-order valence-electron chi connectivity index (χ0n) is 11.1. The van der Waals surface area contributed by atoms with E-state index in [2.05, 4.69) is 21.7 Å². The van der Waals surface area contributed by atoms with Crippen molar-refractivity contribution in [3.05, 3.63) is 22.4 Å². The van der Waals surface area contributed by atoms with Crippen LogP contribution >= 0.6 is 11.3 Å². The van der Waals surface area contributed by atoms with E-state index in [1.807, 2.05) is 0 Å². The molecule has 0 fully saturated rings. The minimum Gasteiger partial charge on any atom is -0.395 e. The minimum atomic E-state index is 0.179. The lowest BCUT2D eigenvalue weighted by molar-refractivity contribution is 0.159. The summed E-state index contributed by atoms with van der Waals surface area (Å²) in [6.07, 6.45) is 6.11. The molecule has 0 saturated heterocycles. The van der Waals surface area contributed by atoms with Crippen molar-refractivity contribution in [2.45, 2.75) is 32.1 Å². The topological polar surface area (TPSA) is 43.7 Å². The first-order valence-corrected chi connectivity index (χ1v) is 7.76. The van der Waals surface area contributed by atoms with Crippen LogP contribution in [0.3, 0.4) is 0 Å². The summed E-state index contributed by atoms with van der Waals surface area (Å²) < 4.78 is 0. The number of unbranched alkanes of at least 4 members (excludes halogenated alkanes) is 3. The van der Waals surface area contributed by atoms with Crippen LogP contribution < -0.4 is 0 Å². The van der Waals surface area contributed by atoms with E-state index in [9.17, 15) is 0 Å². The normalized spacial score (nSPS) is 11.3. The van der Waals surface area contributed by atoms with Crippen LogP contribution in [0, 0.1) is 0 Å². The van der Waals surface area contributed by atoms with E-state index in [4.69, 9.17) is 10.2 Å². The van der Waals surface area contributed by atoms with Crippen molar-refractivity contribution in [3.8, 4) is 0 Å². The molecule has 1 aromatic rings. The van der Waals surface area contributed by atoms with Gasteiger partial charge in [-0.25, -0.2) is 0 Å². The standard InChI is InChI=1S/C14H25NO2S/c16-10-8-15(9-11-17)7-4-2-1-3-5-14-6-12-18-13-14/h6,12-13,16-17H,1-5,7-11H2. The molecule has 2 N–H and O–H groups in total. The Labute approximate surface area is 114 Å². The molecule has 0 spiro atoms. The monoisotopic (exact) mass is 271 g/mol. The second-order valence-corrected chi connectivity index (χ2v) is 5.36. The molecule has 0 aliphatic carbocycles. The van der Waals surface area contributed by atoms with Crippen LogP contribution in [0.15, 0.2) is 16.8 Å². The number of hydrogen-bond donors (Lipinski definition) is 2. The Kier molecular flexibility index (Phi) is 9.12. The molecule has 18 heavy (non-hydrogen) atoms. The quantitative estimate of drug-likeness (QED) is 0.606. The zero-order valence-corrected chi connectivity index (χ0v) is 11.9. The van der Waals surface area contributed by atoms with E-state index in [-0.39, 0.29) is 13.2 Å². The van der Waals surface area contributed by atoms with Crippen LogP contribution in [0.5, 0.6) is 0 Å². The molecular weight excluding hydrogens is 246 g/mol. The molecule has 0 amide bonds. The molecular formula is C14H25NO2S. The summed E-state index contributed by atoms with van der Waals surface area (Å²) in [5, 5.41) is 22.1. The molecule has 0 bridgehead atoms. The summed E-state index contributed by atoms with van der Waals surface area (Å²) in [6.45, 7) is 2.70. The van der Waals surface area contributed by atoms with Crippen molar-refractivity contribution >= 4 is 11.3 Å². The number of aliphatic hydroxyl groups is 2. The first kappa shape index (κ1) is 15.6. The highest BCUT2D eigenvalue weighted by atomic mass is 32.1. The maximum Gasteiger partial charge on any atom is 0.0558 e. The predicted molar refractivity (Wildman–Crippen MR) is 77.1 cm³/mol. The number of thiophene rings is 1. The average Bonchev–Trinajstić information content (AvgIpc) is 2.87. The number of aliphatic hydroxyl groups excluding tert-OH is 2. The van der Waals surface area contributed by atoms with Gasteiger partial charge in [0, 0.05) is 13.1 Å². The van der Waals surface area contributed by atoms with Gasteiger partial charge in [0.15, 0.2) is 0 Å². The van der Waals surface area contributed by atoms with Gasteiger partial charge >= 0.3 is 0 Å². The third kappa shape index (κ3) is 7.11. The molecule has 1 rings (SSSR count). The smallest absolute Gasteiger partial charge is 0.0558 e. The first-order chi connectivity index (χ1) is 8.86. The van der Waals surface area contributed by atoms with Gasteiger partial charge in [-0.1, -0.05) is 12.8 Å². The summed E-state index contributed by atoms with van der Waals surface area (Å²) in [5.41, 5.74) is 1.46. The van der Waals surface area contributed by atoms with Crippen molar-refractivity contribution in [1.29, 1.82) is 0 Å². The van der Waals surface area contributed by atoms with Crippen LogP contribution in [0.1, 0.15) is 31.2 Å². The van der Waals surface area contributed by atoms with E-state index in [1.54, 1.807) is 11.3 Å². The summed E-state index contributed by atoms with van der Waals surface area (Å²) in [5.74, 6) is 0. The minimum absolute atomic E-state index is 0.179. The summed E-state index contributed by atoms with van der Waals surface area (Å²) in [4.78, 5) is 2.12. The highest BCUT2D eigenvalue weighted by molar-refractivity contribution is 7.07. The lowest BCUT2D eigenvalue weighted by Gasteiger charge is -2.19. The Morgan fingerprint density at radius 3 is 2.28 bits per heavy atom.